The van der Waals surface area contributed by atoms with Gasteiger partial charge in [-0.15, -0.1) is 0 Å². The maximum absolute atomic E-state index is 9.85. The first-order valence-corrected chi connectivity index (χ1v) is 6.48. The maximum Gasteiger partial charge on any atom is 0.142 e. The zero-order chi connectivity index (χ0) is 15.1. The lowest BCUT2D eigenvalue weighted by Gasteiger charge is -2.15. The number of ether oxygens (including phenoxy) is 2. The number of nitriles is 1. The van der Waals surface area contributed by atoms with Gasteiger partial charge in [-0.2, -0.15) is 5.26 Å². The Morgan fingerprint density at radius 1 is 1.00 bits per heavy atom. The Morgan fingerprint density at radius 2 is 1.57 bits per heavy atom. The van der Waals surface area contributed by atoms with Gasteiger partial charge in [0.05, 0.1) is 11.3 Å². The van der Waals surface area contributed by atoms with Crippen molar-refractivity contribution in [2.75, 3.05) is 18.9 Å². The van der Waals surface area contributed by atoms with E-state index < -0.39 is 6.10 Å². The van der Waals surface area contributed by atoms with E-state index in [0.29, 0.717) is 22.7 Å². The predicted octanol–water partition coefficient (Wildman–Crippen LogP) is 1.96. The molecule has 1 unspecified atom stereocenters. The van der Waals surface area contributed by atoms with Crippen LogP contribution in [0, 0.1) is 11.3 Å². The molecule has 0 aliphatic heterocycles. The van der Waals surface area contributed by atoms with E-state index in [0.717, 1.165) is 0 Å². The van der Waals surface area contributed by atoms with Crippen LogP contribution in [0.15, 0.2) is 48.5 Å². The van der Waals surface area contributed by atoms with Crippen molar-refractivity contribution < 1.29 is 14.6 Å². The zero-order valence-corrected chi connectivity index (χ0v) is 11.4. The number of para-hydroxylation sites is 3. The molecule has 1 atom stereocenters. The normalized spacial score (nSPS) is 11.4. The summed E-state index contributed by atoms with van der Waals surface area (Å²) in [5.74, 6) is 0.965. The van der Waals surface area contributed by atoms with Crippen molar-refractivity contribution in [2.24, 2.45) is 0 Å². The van der Waals surface area contributed by atoms with E-state index in [1.54, 1.807) is 48.5 Å². The molecule has 2 aromatic carbocycles. The fourth-order valence-corrected chi connectivity index (χ4v) is 1.72. The van der Waals surface area contributed by atoms with Crippen molar-refractivity contribution in [2.45, 2.75) is 6.10 Å². The topological polar surface area (TPSA) is 88.5 Å². The van der Waals surface area contributed by atoms with E-state index in [-0.39, 0.29) is 13.2 Å². The molecule has 5 nitrogen and oxygen atoms in total. The molecule has 0 saturated heterocycles. The van der Waals surface area contributed by atoms with Crippen LogP contribution in [0.3, 0.4) is 0 Å². The molecule has 3 N–H and O–H groups in total. The summed E-state index contributed by atoms with van der Waals surface area (Å²) < 4.78 is 10.8. The standard InChI is InChI=1S/C16H16N2O3/c17-9-12-5-1-3-7-15(12)20-10-13(19)11-21-16-8-4-2-6-14(16)18/h1-8,13,19H,10-11,18H2. The van der Waals surface area contributed by atoms with Crippen molar-refractivity contribution in [3.63, 3.8) is 0 Å². The van der Waals surface area contributed by atoms with Crippen LogP contribution in [0.1, 0.15) is 5.56 Å². The summed E-state index contributed by atoms with van der Waals surface area (Å²) in [5, 5.41) is 18.8. The van der Waals surface area contributed by atoms with E-state index in [1.165, 1.54) is 0 Å². The summed E-state index contributed by atoms with van der Waals surface area (Å²) in [4.78, 5) is 0. The van der Waals surface area contributed by atoms with Crippen LogP contribution in [0.5, 0.6) is 11.5 Å². The number of aliphatic hydroxyl groups is 1. The molecule has 2 aromatic rings. The third-order valence-electron chi connectivity index (χ3n) is 2.79. The second-order valence-electron chi connectivity index (χ2n) is 4.42. The van der Waals surface area contributed by atoms with Gasteiger partial charge in [0.1, 0.15) is 36.9 Å². The highest BCUT2D eigenvalue weighted by molar-refractivity contribution is 5.51. The summed E-state index contributed by atoms with van der Waals surface area (Å²) in [6.45, 7) is 0.0916. The van der Waals surface area contributed by atoms with E-state index in [2.05, 4.69) is 0 Å². The molecule has 0 amide bonds. The van der Waals surface area contributed by atoms with E-state index in [4.69, 9.17) is 20.5 Å². The van der Waals surface area contributed by atoms with Crippen LogP contribution in [0.2, 0.25) is 0 Å². The molecule has 0 fully saturated rings. The third-order valence-corrected chi connectivity index (χ3v) is 2.79. The van der Waals surface area contributed by atoms with Crippen LogP contribution in [-0.2, 0) is 0 Å². The molecular formula is C16H16N2O3. The van der Waals surface area contributed by atoms with E-state index >= 15 is 0 Å². The van der Waals surface area contributed by atoms with Gasteiger partial charge in [0.2, 0.25) is 0 Å². The molecule has 0 aliphatic carbocycles. The summed E-state index contributed by atoms with van der Waals surface area (Å²) in [6, 6.07) is 16.0. The van der Waals surface area contributed by atoms with Crippen LogP contribution in [-0.4, -0.2) is 24.4 Å². The molecule has 21 heavy (non-hydrogen) atoms. The number of nitrogens with two attached hydrogens (primary N) is 1. The Morgan fingerprint density at radius 3 is 2.24 bits per heavy atom. The zero-order valence-electron chi connectivity index (χ0n) is 11.4. The molecule has 0 saturated carbocycles. The monoisotopic (exact) mass is 284 g/mol. The Balaban J connectivity index is 1.84. The van der Waals surface area contributed by atoms with Gasteiger partial charge in [-0.1, -0.05) is 24.3 Å². The number of hydrogen-bond donors (Lipinski definition) is 2. The summed E-state index contributed by atoms with van der Waals surface area (Å²) in [7, 11) is 0. The number of benzene rings is 2. The number of rotatable bonds is 6. The van der Waals surface area contributed by atoms with Crippen molar-refractivity contribution in [1.29, 1.82) is 5.26 Å². The fraction of sp³-hybridized carbons (Fsp3) is 0.188. The van der Waals surface area contributed by atoms with Gasteiger partial charge in [-0.25, -0.2) is 0 Å². The lowest BCUT2D eigenvalue weighted by molar-refractivity contribution is 0.0628. The average molecular weight is 284 g/mol. The molecular weight excluding hydrogens is 268 g/mol. The van der Waals surface area contributed by atoms with Crippen molar-refractivity contribution in [3.8, 4) is 17.6 Å². The summed E-state index contributed by atoms with van der Waals surface area (Å²) in [6.07, 6.45) is -0.823. The van der Waals surface area contributed by atoms with Gasteiger partial charge in [0.25, 0.3) is 0 Å². The van der Waals surface area contributed by atoms with Crippen molar-refractivity contribution in [3.05, 3.63) is 54.1 Å². The summed E-state index contributed by atoms with van der Waals surface area (Å²) >= 11 is 0. The highest BCUT2D eigenvalue weighted by Crippen LogP contribution is 2.20. The van der Waals surface area contributed by atoms with Gasteiger partial charge >= 0.3 is 0 Å². The maximum atomic E-state index is 9.85. The first-order chi connectivity index (χ1) is 10.2. The number of nitrogen functional groups attached to an aromatic ring is 1. The van der Waals surface area contributed by atoms with Gasteiger partial charge in [0.15, 0.2) is 0 Å². The van der Waals surface area contributed by atoms with Crippen LogP contribution in [0.4, 0.5) is 5.69 Å². The highest BCUT2D eigenvalue weighted by Gasteiger charge is 2.09. The van der Waals surface area contributed by atoms with Crippen molar-refractivity contribution in [1.82, 2.24) is 0 Å². The lowest BCUT2D eigenvalue weighted by atomic mass is 10.2. The molecule has 0 heterocycles. The van der Waals surface area contributed by atoms with Gasteiger partial charge in [-0.3, -0.25) is 0 Å². The molecule has 0 aliphatic rings. The molecule has 0 bridgehead atoms. The second kappa shape index (κ2) is 7.17. The summed E-state index contributed by atoms with van der Waals surface area (Å²) in [5.41, 5.74) is 6.68. The first-order valence-electron chi connectivity index (χ1n) is 6.48. The smallest absolute Gasteiger partial charge is 0.142 e. The fourth-order valence-electron chi connectivity index (χ4n) is 1.72. The number of anilines is 1. The molecule has 5 heteroatoms. The predicted molar refractivity (Wildman–Crippen MR) is 79.0 cm³/mol. The molecule has 0 aromatic heterocycles. The van der Waals surface area contributed by atoms with Crippen LogP contribution < -0.4 is 15.2 Å². The van der Waals surface area contributed by atoms with Gasteiger partial charge in [0, 0.05) is 0 Å². The van der Waals surface area contributed by atoms with Gasteiger partial charge < -0.3 is 20.3 Å². The molecule has 2 rings (SSSR count). The lowest BCUT2D eigenvalue weighted by Crippen LogP contribution is -2.25. The largest absolute Gasteiger partial charge is 0.489 e. The molecule has 0 spiro atoms. The molecule has 108 valence electrons. The quantitative estimate of drug-likeness (QED) is 0.792. The number of hydrogen-bond acceptors (Lipinski definition) is 5. The Kier molecular flexibility index (Phi) is 5.02. The average Bonchev–Trinajstić information content (AvgIpc) is 2.52. The highest BCUT2D eigenvalue weighted by atomic mass is 16.5. The minimum atomic E-state index is -0.823. The Bertz CT molecular complexity index is 637. The minimum Gasteiger partial charge on any atom is -0.489 e. The molecule has 0 radical (unpaired) electrons. The third kappa shape index (κ3) is 4.13. The number of nitrogens with zero attached hydrogens (tertiary/aromatic N) is 1. The number of aliphatic hydroxyl groups excluding tert-OH is 1. The van der Waals surface area contributed by atoms with Crippen molar-refractivity contribution >= 4 is 5.69 Å². The Labute approximate surface area is 123 Å². The second-order valence-corrected chi connectivity index (χ2v) is 4.42. The van der Waals surface area contributed by atoms with E-state index in [1.807, 2.05) is 6.07 Å². The first kappa shape index (κ1) is 14.7. The van der Waals surface area contributed by atoms with Gasteiger partial charge in [-0.05, 0) is 24.3 Å². The van der Waals surface area contributed by atoms with Crippen LogP contribution in [0.25, 0.3) is 0 Å². The van der Waals surface area contributed by atoms with Crippen LogP contribution >= 0.6 is 0 Å². The van der Waals surface area contributed by atoms with E-state index in [9.17, 15) is 5.11 Å². The minimum absolute atomic E-state index is 0.0332. The SMILES string of the molecule is N#Cc1ccccc1OCC(O)COc1ccccc1N. The Hall–Kier alpha value is -2.71.